The second-order valence-electron chi connectivity index (χ2n) is 8.36. The topological polar surface area (TPSA) is 120 Å². The molecule has 0 aliphatic heterocycles. The van der Waals surface area contributed by atoms with Crippen LogP contribution in [0.5, 0.6) is 5.75 Å². The van der Waals surface area contributed by atoms with Crippen LogP contribution in [-0.4, -0.2) is 48.0 Å². The Labute approximate surface area is 209 Å². The molecule has 36 heavy (non-hydrogen) atoms. The number of ether oxygens (including phenoxy) is 1. The normalized spacial score (nSPS) is 12.1. The van der Waals surface area contributed by atoms with Gasteiger partial charge in [-0.1, -0.05) is 49.4 Å². The van der Waals surface area contributed by atoms with Crippen molar-refractivity contribution in [2.45, 2.75) is 25.3 Å². The standard InChI is InChI=1S/C28H27N3O5/c1-18(23-6-4-5-7-25(23)36-3)16-24(27(33)31(2)17-29)30-26(32)21-12-8-19(9-13-21)20-10-14-22(15-11-20)28(34)35/h4-15,18,24H,16H2,1-3H3,(H,30,32)(H,34,35)/t18?,24-/m0/s1. The smallest absolute Gasteiger partial charge is 0.335 e. The maximum absolute atomic E-state index is 13.0. The highest BCUT2D eigenvalue weighted by atomic mass is 16.5. The van der Waals surface area contributed by atoms with Gasteiger partial charge in [0.2, 0.25) is 0 Å². The lowest BCUT2D eigenvalue weighted by molar-refractivity contribution is -0.129. The number of likely N-dealkylation sites (N-methyl/N-ethyl adjacent to an activating group) is 1. The molecule has 0 saturated heterocycles. The zero-order chi connectivity index (χ0) is 26.2. The molecule has 0 saturated carbocycles. The van der Waals surface area contributed by atoms with Crippen LogP contribution in [0.2, 0.25) is 0 Å². The van der Waals surface area contributed by atoms with Crippen molar-refractivity contribution in [3.05, 3.63) is 89.5 Å². The van der Waals surface area contributed by atoms with Crippen molar-refractivity contribution in [1.29, 1.82) is 5.26 Å². The molecule has 1 unspecified atom stereocenters. The summed E-state index contributed by atoms with van der Waals surface area (Å²) in [6.45, 7) is 1.93. The zero-order valence-corrected chi connectivity index (χ0v) is 20.3. The number of nitrogens with one attached hydrogen (secondary N) is 1. The van der Waals surface area contributed by atoms with Crippen LogP contribution in [0.1, 0.15) is 45.5 Å². The molecule has 2 N–H and O–H groups in total. The fourth-order valence-electron chi connectivity index (χ4n) is 3.92. The third kappa shape index (κ3) is 6.07. The van der Waals surface area contributed by atoms with Gasteiger partial charge in [-0.2, -0.15) is 5.26 Å². The molecule has 0 aromatic heterocycles. The molecule has 3 rings (SSSR count). The van der Waals surface area contributed by atoms with Crippen molar-refractivity contribution < 1.29 is 24.2 Å². The van der Waals surface area contributed by atoms with Crippen LogP contribution < -0.4 is 10.1 Å². The van der Waals surface area contributed by atoms with Gasteiger partial charge in [-0.15, -0.1) is 0 Å². The monoisotopic (exact) mass is 485 g/mol. The number of carboxylic acids is 1. The molecular formula is C28H27N3O5. The van der Waals surface area contributed by atoms with Gasteiger partial charge >= 0.3 is 5.97 Å². The number of carbonyl (C=O) groups is 3. The number of aromatic carboxylic acids is 1. The average Bonchev–Trinajstić information content (AvgIpc) is 2.91. The van der Waals surface area contributed by atoms with Crippen molar-refractivity contribution >= 4 is 17.8 Å². The molecule has 2 amide bonds. The van der Waals surface area contributed by atoms with E-state index in [4.69, 9.17) is 9.84 Å². The van der Waals surface area contributed by atoms with E-state index in [1.54, 1.807) is 49.7 Å². The Hall–Kier alpha value is -4.64. The molecule has 0 aliphatic rings. The molecule has 8 heteroatoms. The lowest BCUT2D eigenvalue weighted by Gasteiger charge is -2.24. The predicted octanol–water partition coefficient (Wildman–Crippen LogP) is 4.29. The SMILES string of the molecule is COc1ccccc1C(C)C[C@H](NC(=O)c1ccc(-c2ccc(C(=O)O)cc2)cc1)C(=O)N(C)C#N. The van der Waals surface area contributed by atoms with E-state index in [1.165, 1.54) is 19.2 Å². The Bertz CT molecular complexity index is 1280. The molecule has 3 aromatic carbocycles. The van der Waals surface area contributed by atoms with Crippen molar-refractivity contribution in [1.82, 2.24) is 10.2 Å². The van der Waals surface area contributed by atoms with E-state index in [9.17, 15) is 19.6 Å². The minimum atomic E-state index is -1.00. The third-order valence-electron chi connectivity index (χ3n) is 5.96. The summed E-state index contributed by atoms with van der Waals surface area (Å²) in [5.74, 6) is -1.41. The van der Waals surface area contributed by atoms with Crippen LogP contribution >= 0.6 is 0 Å². The van der Waals surface area contributed by atoms with Crippen LogP contribution in [-0.2, 0) is 4.79 Å². The van der Waals surface area contributed by atoms with Crippen LogP contribution in [0.15, 0.2) is 72.8 Å². The Morgan fingerprint density at radius 3 is 2.06 bits per heavy atom. The largest absolute Gasteiger partial charge is 0.496 e. The van der Waals surface area contributed by atoms with Crippen molar-refractivity contribution in [2.75, 3.05) is 14.2 Å². The molecule has 0 spiro atoms. The molecular weight excluding hydrogens is 458 g/mol. The van der Waals surface area contributed by atoms with E-state index < -0.39 is 23.8 Å². The number of nitriles is 1. The van der Waals surface area contributed by atoms with E-state index in [2.05, 4.69) is 5.32 Å². The highest BCUT2D eigenvalue weighted by Gasteiger charge is 2.28. The molecule has 0 aliphatic carbocycles. The summed E-state index contributed by atoms with van der Waals surface area (Å²) >= 11 is 0. The second kappa shape index (κ2) is 11.7. The first-order valence-electron chi connectivity index (χ1n) is 11.3. The van der Waals surface area contributed by atoms with Gasteiger partial charge in [0.15, 0.2) is 6.19 Å². The van der Waals surface area contributed by atoms with E-state index in [1.807, 2.05) is 31.2 Å². The summed E-state index contributed by atoms with van der Waals surface area (Å²) < 4.78 is 5.43. The number of nitrogens with zero attached hydrogens (tertiary/aromatic N) is 2. The molecule has 0 heterocycles. The summed E-state index contributed by atoms with van der Waals surface area (Å²) in [6, 6.07) is 19.7. The van der Waals surface area contributed by atoms with Crippen LogP contribution in [0.25, 0.3) is 11.1 Å². The molecule has 8 nitrogen and oxygen atoms in total. The van der Waals surface area contributed by atoms with Gasteiger partial charge in [-0.3, -0.25) is 14.5 Å². The van der Waals surface area contributed by atoms with Gasteiger partial charge in [0.25, 0.3) is 11.8 Å². The Kier molecular flexibility index (Phi) is 8.42. The minimum absolute atomic E-state index is 0.140. The molecule has 0 fully saturated rings. The first-order chi connectivity index (χ1) is 17.2. The molecule has 0 bridgehead atoms. The number of benzene rings is 3. The third-order valence-corrected chi connectivity index (χ3v) is 5.96. The van der Waals surface area contributed by atoms with Crippen molar-refractivity contribution in [3.8, 4) is 23.1 Å². The van der Waals surface area contributed by atoms with Crippen LogP contribution in [0.4, 0.5) is 0 Å². The Morgan fingerprint density at radius 1 is 0.972 bits per heavy atom. The summed E-state index contributed by atoms with van der Waals surface area (Å²) in [5.41, 5.74) is 3.05. The molecule has 184 valence electrons. The Morgan fingerprint density at radius 2 is 1.53 bits per heavy atom. The highest BCUT2D eigenvalue weighted by molar-refractivity contribution is 5.98. The lowest BCUT2D eigenvalue weighted by atomic mass is 9.92. The quantitative estimate of drug-likeness (QED) is 0.345. The van der Waals surface area contributed by atoms with Gasteiger partial charge in [0, 0.05) is 12.6 Å². The van der Waals surface area contributed by atoms with Crippen molar-refractivity contribution in [3.63, 3.8) is 0 Å². The van der Waals surface area contributed by atoms with Crippen molar-refractivity contribution in [2.24, 2.45) is 0 Å². The number of hydrogen-bond donors (Lipinski definition) is 2. The number of rotatable bonds is 9. The van der Waals surface area contributed by atoms with Crippen LogP contribution in [0, 0.1) is 11.5 Å². The number of para-hydroxylation sites is 1. The van der Waals surface area contributed by atoms with Crippen LogP contribution in [0.3, 0.4) is 0 Å². The maximum atomic E-state index is 13.0. The first-order valence-corrected chi connectivity index (χ1v) is 11.3. The Balaban J connectivity index is 1.78. The van der Waals surface area contributed by atoms with Gasteiger partial charge < -0.3 is 15.2 Å². The first kappa shape index (κ1) is 26.0. The summed E-state index contributed by atoms with van der Waals surface area (Å²) in [6.07, 6.45) is 2.07. The maximum Gasteiger partial charge on any atom is 0.335 e. The fourth-order valence-corrected chi connectivity index (χ4v) is 3.92. The van der Waals surface area contributed by atoms with E-state index in [-0.39, 0.29) is 17.9 Å². The van der Waals surface area contributed by atoms with Gasteiger partial charge in [0.1, 0.15) is 11.8 Å². The summed E-state index contributed by atoms with van der Waals surface area (Å²) in [4.78, 5) is 37.9. The van der Waals surface area contributed by atoms with E-state index in [0.29, 0.717) is 11.3 Å². The number of hydrogen-bond acceptors (Lipinski definition) is 5. The highest BCUT2D eigenvalue weighted by Crippen LogP contribution is 2.30. The van der Waals surface area contributed by atoms with E-state index >= 15 is 0 Å². The minimum Gasteiger partial charge on any atom is -0.496 e. The number of methoxy groups -OCH3 is 1. The molecule has 3 aromatic rings. The van der Waals surface area contributed by atoms with Gasteiger partial charge in [0.05, 0.1) is 12.7 Å². The second-order valence-corrected chi connectivity index (χ2v) is 8.36. The number of amides is 2. The van der Waals surface area contributed by atoms with Gasteiger partial charge in [-0.05, 0) is 59.4 Å². The summed E-state index contributed by atoms with van der Waals surface area (Å²) in [7, 11) is 2.93. The number of carbonyl (C=O) groups excluding carboxylic acids is 2. The molecule has 0 radical (unpaired) electrons. The molecule has 2 atom stereocenters. The lowest BCUT2D eigenvalue weighted by Crippen LogP contribution is -2.46. The van der Waals surface area contributed by atoms with E-state index in [0.717, 1.165) is 21.6 Å². The number of carboxylic acid groups (broad SMARTS) is 1. The zero-order valence-electron chi connectivity index (χ0n) is 20.3. The van der Waals surface area contributed by atoms with Gasteiger partial charge in [-0.25, -0.2) is 4.79 Å². The predicted molar refractivity (Wildman–Crippen MR) is 135 cm³/mol. The summed E-state index contributed by atoms with van der Waals surface area (Å²) in [5, 5.41) is 21.0. The fraction of sp³-hybridized carbons (Fsp3) is 0.214. The average molecular weight is 486 g/mol.